The monoisotopic (exact) mass is 208 g/mol. The van der Waals surface area contributed by atoms with E-state index in [1.54, 1.807) is 11.8 Å². The van der Waals surface area contributed by atoms with Gasteiger partial charge in [-0.3, -0.25) is 0 Å². The summed E-state index contributed by atoms with van der Waals surface area (Å²) in [5.41, 5.74) is 0. The molecule has 0 bridgehead atoms. The molecule has 1 aliphatic heterocycles. The molecule has 0 atom stereocenters. The summed E-state index contributed by atoms with van der Waals surface area (Å²) in [5.74, 6) is 1.04. The molecule has 4 nitrogen and oxygen atoms in total. The number of nitrogens with zero attached hydrogens (tertiary/aromatic N) is 4. The zero-order chi connectivity index (χ0) is 10.2. The Hall–Kier alpha value is -1.20. The third-order valence-electron chi connectivity index (χ3n) is 1.94. The third-order valence-corrected chi connectivity index (χ3v) is 3.04. The summed E-state index contributed by atoms with van der Waals surface area (Å²) >= 11 is 1.62. The molecule has 1 rings (SSSR count). The fraction of sp³-hybridized carbons (Fsp3) is 0.667. The summed E-state index contributed by atoms with van der Waals surface area (Å²) < 4.78 is 0. The zero-order valence-electron chi connectivity index (χ0n) is 7.94. The van der Waals surface area contributed by atoms with Crippen molar-refractivity contribution in [3.63, 3.8) is 0 Å². The van der Waals surface area contributed by atoms with Gasteiger partial charge in [0.2, 0.25) is 6.19 Å². The van der Waals surface area contributed by atoms with Crippen LogP contribution in [0.25, 0.3) is 0 Å². The van der Waals surface area contributed by atoms with Gasteiger partial charge in [0.05, 0.1) is 6.07 Å². The van der Waals surface area contributed by atoms with Crippen LogP contribution in [-0.2, 0) is 0 Å². The van der Waals surface area contributed by atoms with Crippen LogP contribution in [0.4, 0.5) is 0 Å². The normalized spacial score (nSPS) is 19.0. The lowest BCUT2D eigenvalue weighted by Gasteiger charge is -2.28. The lowest BCUT2D eigenvalue weighted by Crippen LogP contribution is -2.34. The molecule has 0 spiro atoms. The van der Waals surface area contributed by atoms with Crippen LogP contribution in [0, 0.1) is 22.8 Å². The molecule has 74 valence electrons. The topological polar surface area (TPSA) is 63.2 Å². The highest BCUT2D eigenvalue weighted by Gasteiger charge is 2.16. The Bertz CT molecular complexity index is 286. The molecule has 14 heavy (non-hydrogen) atoms. The molecule has 0 aromatic rings. The molecule has 0 N–H and O–H groups in total. The van der Waals surface area contributed by atoms with Crippen molar-refractivity contribution in [2.24, 2.45) is 4.99 Å². The van der Waals surface area contributed by atoms with Crippen LogP contribution < -0.4 is 0 Å². The molecular weight excluding hydrogens is 196 g/mol. The molecule has 0 amide bonds. The van der Waals surface area contributed by atoms with E-state index in [9.17, 15) is 0 Å². The van der Waals surface area contributed by atoms with Crippen molar-refractivity contribution in [2.45, 2.75) is 19.3 Å². The Morgan fingerprint density at radius 2 is 2.36 bits per heavy atom. The van der Waals surface area contributed by atoms with E-state index in [0.29, 0.717) is 6.42 Å². The predicted octanol–water partition coefficient (Wildman–Crippen LogP) is 1.57. The van der Waals surface area contributed by atoms with E-state index in [4.69, 9.17) is 10.5 Å². The highest BCUT2D eigenvalue weighted by atomic mass is 32.2. The van der Waals surface area contributed by atoms with Gasteiger partial charge >= 0.3 is 0 Å². The first-order valence-electron chi connectivity index (χ1n) is 4.60. The van der Waals surface area contributed by atoms with E-state index in [1.165, 1.54) is 0 Å². The molecule has 0 unspecified atom stereocenters. The van der Waals surface area contributed by atoms with Crippen LogP contribution in [0.15, 0.2) is 4.99 Å². The van der Waals surface area contributed by atoms with Gasteiger partial charge in [-0.05, 0) is 12.8 Å². The first-order chi connectivity index (χ1) is 6.88. The van der Waals surface area contributed by atoms with Gasteiger partial charge in [0, 0.05) is 25.3 Å². The maximum Gasteiger partial charge on any atom is 0.208 e. The second kappa shape index (κ2) is 6.28. The summed E-state index contributed by atoms with van der Waals surface area (Å²) in [4.78, 5) is 5.86. The molecule has 5 heteroatoms. The molecule has 0 aliphatic carbocycles. The standard InChI is InChI=1S/C9H12N4S/c10-4-1-2-5-13-6-3-7-14-9(13)12-8-11/h1-3,5-7H2. The van der Waals surface area contributed by atoms with E-state index < -0.39 is 0 Å². The van der Waals surface area contributed by atoms with E-state index >= 15 is 0 Å². The number of unbranched alkanes of at least 4 members (excludes halogenated alkanes) is 1. The maximum absolute atomic E-state index is 8.48. The molecule has 0 aromatic heterocycles. The van der Waals surface area contributed by atoms with Crippen molar-refractivity contribution in [1.82, 2.24) is 4.90 Å². The number of amidine groups is 1. The predicted molar refractivity (Wildman–Crippen MR) is 56.5 cm³/mol. The van der Waals surface area contributed by atoms with Gasteiger partial charge in [-0.1, -0.05) is 11.8 Å². The Morgan fingerprint density at radius 1 is 1.50 bits per heavy atom. The Kier molecular flexibility index (Phi) is 4.88. The molecule has 1 aliphatic rings. The van der Waals surface area contributed by atoms with Crippen molar-refractivity contribution in [2.75, 3.05) is 18.8 Å². The minimum absolute atomic E-state index is 0.570. The second-order valence-electron chi connectivity index (χ2n) is 2.95. The van der Waals surface area contributed by atoms with Gasteiger partial charge in [-0.25, -0.2) is 0 Å². The number of rotatable bonds is 3. The average molecular weight is 208 g/mol. The average Bonchev–Trinajstić information content (AvgIpc) is 2.21. The maximum atomic E-state index is 8.48. The number of aliphatic imine (C=N–C) groups is 1. The van der Waals surface area contributed by atoms with Crippen molar-refractivity contribution in [1.29, 1.82) is 10.5 Å². The first-order valence-corrected chi connectivity index (χ1v) is 5.58. The number of nitriles is 2. The highest BCUT2D eigenvalue weighted by molar-refractivity contribution is 8.13. The molecule has 1 fully saturated rings. The van der Waals surface area contributed by atoms with Crippen LogP contribution >= 0.6 is 11.8 Å². The fourth-order valence-electron chi connectivity index (χ4n) is 1.31. The number of hydrogen-bond donors (Lipinski definition) is 0. The lowest BCUT2D eigenvalue weighted by molar-refractivity contribution is 0.415. The summed E-state index contributed by atoms with van der Waals surface area (Å²) in [7, 11) is 0. The van der Waals surface area contributed by atoms with Gasteiger partial charge < -0.3 is 4.90 Å². The van der Waals surface area contributed by atoms with Crippen LogP contribution in [0.1, 0.15) is 19.3 Å². The van der Waals surface area contributed by atoms with Crippen LogP contribution in [0.2, 0.25) is 0 Å². The van der Waals surface area contributed by atoms with Crippen molar-refractivity contribution >= 4 is 16.9 Å². The van der Waals surface area contributed by atoms with Gasteiger partial charge in [0.25, 0.3) is 0 Å². The molecule has 1 saturated heterocycles. The largest absolute Gasteiger partial charge is 0.351 e. The zero-order valence-corrected chi connectivity index (χ0v) is 8.76. The van der Waals surface area contributed by atoms with Gasteiger partial charge in [-0.2, -0.15) is 10.5 Å². The van der Waals surface area contributed by atoms with Crippen LogP contribution in [0.5, 0.6) is 0 Å². The van der Waals surface area contributed by atoms with Gasteiger partial charge in [0.15, 0.2) is 5.17 Å². The minimum Gasteiger partial charge on any atom is -0.351 e. The van der Waals surface area contributed by atoms with Crippen molar-refractivity contribution in [3.8, 4) is 12.3 Å². The number of thioether (sulfide) groups is 1. The molecule has 0 saturated carbocycles. The quantitative estimate of drug-likeness (QED) is 0.521. The fourth-order valence-corrected chi connectivity index (χ4v) is 2.23. The molecule has 1 heterocycles. The Labute approximate surface area is 88.2 Å². The summed E-state index contributed by atoms with van der Waals surface area (Å²) in [5, 5.41) is 17.7. The van der Waals surface area contributed by atoms with Crippen LogP contribution in [-0.4, -0.2) is 28.9 Å². The summed E-state index contributed by atoms with van der Waals surface area (Å²) in [6.45, 7) is 1.79. The van der Waals surface area contributed by atoms with E-state index in [2.05, 4.69) is 16.0 Å². The summed E-state index contributed by atoms with van der Waals surface area (Å²) in [6.07, 6.45) is 4.36. The number of hydrogen-bond acceptors (Lipinski definition) is 4. The van der Waals surface area contributed by atoms with Crippen molar-refractivity contribution < 1.29 is 0 Å². The summed E-state index contributed by atoms with van der Waals surface area (Å²) in [6, 6.07) is 2.12. The first kappa shape index (κ1) is 10.9. The van der Waals surface area contributed by atoms with Gasteiger partial charge in [0.1, 0.15) is 0 Å². The highest BCUT2D eigenvalue weighted by Crippen LogP contribution is 2.17. The molecular formula is C9H12N4S. The smallest absolute Gasteiger partial charge is 0.208 e. The molecule has 0 radical (unpaired) electrons. The van der Waals surface area contributed by atoms with E-state index in [1.807, 2.05) is 6.19 Å². The Morgan fingerprint density at radius 3 is 3.07 bits per heavy atom. The van der Waals surface area contributed by atoms with Crippen LogP contribution in [0.3, 0.4) is 0 Å². The van der Waals surface area contributed by atoms with Crippen molar-refractivity contribution in [3.05, 3.63) is 0 Å². The van der Waals surface area contributed by atoms with Gasteiger partial charge in [-0.15, -0.1) is 4.99 Å². The Balaban J connectivity index is 2.44. The van der Waals surface area contributed by atoms with E-state index in [0.717, 1.165) is 36.9 Å². The second-order valence-corrected chi connectivity index (χ2v) is 4.01. The lowest BCUT2D eigenvalue weighted by atomic mass is 10.3. The minimum atomic E-state index is 0.570. The van der Waals surface area contributed by atoms with E-state index in [-0.39, 0.29) is 0 Å². The SMILES string of the molecule is N#CCCCN1CCCSC1=NC#N. The molecule has 0 aromatic carbocycles. The third kappa shape index (κ3) is 3.27.